The minimum absolute atomic E-state index is 0.0576. The molecule has 6 aromatic heterocycles. The molecule has 0 bridgehead atoms. The first kappa shape index (κ1) is 46.3. The number of carbonyl (C=O) groups excluding carboxylic acids is 2. The molecule has 2 amide bonds. The van der Waals surface area contributed by atoms with Crippen molar-refractivity contribution in [3.8, 4) is 0 Å². The van der Waals surface area contributed by atoms with Gasteiger partial charge in [0.25, 0.3) is 19.1 Å². The molecule has 5 N–H and O–H groups in total. The molecule has 65 heavy (non-hydrogen) atoms. The number of carbonyl (C=O) groups is 2. The van der Waals surface area contributed by atoms with E-state index in [0.29, 0.717) is 22.3 Å². The highest BCUT2D eigenvalue weighted by Gasteiger charge is 2.23. The predicted octanol–water partition coefficient (Wildman–Crippen LogP) is 5.96. The lowest BCUT2D eigenvalue weighted by molar-refractivity contribution is -0.129. The minimum atomic E-state index is -3.81. The third-order valence-corrected chi connectivity index (χ3v) is 16.6. The standard InChI is InChI=1S/C19H21N7O3S3.C15H17N5OS2.C4H5ClN2O2S/c1-11-16-12(30-18(22-16)20-8-15(27)26-5-3-4-6-26)7-13-17(11)23-19(31-13)24-32(28,29)14-9-25(2)10-21-14;1-8-12-9(22-14(16)18-12)6-10-13(8)19-15(23-10)17-7-11(21)20-4-2-3-5-20;1-7-2-4(6-3-7)10(5,8)9/h7,9-10H,3-6,8H2,1-2H3,(H,20,22)(H,23,24);6H,2-5,7H2,1H3,(H2,16,18)(H,17,19);2-3H,1H3. The molecule has 2 saturated heterocycles. The fourth-order valence-corrected chi connectivity index (χ4v) is 12.9. The first-order valence-corrected chi connectivity index (χ1v) is 27.1. The van der Waals surface area contributed by atoms with Crippen molar-refractivity contribution in [1.29, 1.82) is 0 Å². The molecule has 0 saturated carbocycles. The highest BCUT2D eigenvalue weighted by Crippen LogP contribution is 2.38. The zero-order chi connectivity index (χ0) is 46.2. The number of nitrogens with zero attached hydrogens (tertiary/aromatic N) is 10. The van der Waals surface area contributed by atoms with Crippen LogP contribution in [0.2, 0.25) is 0 Å². The smallest absolute Gasteiger partial charge is 0.282 e. The maximum Gasteiger partial charge on any atom is 0.282 e. The van der Waals surface area contributed by atoms with Crippen LogP contribution in [0.25, 0.3) is 40.9 Å². The third-order valence-electron chi connectivity index (χ3n) is 10.4. The first-order valence-electron chi connectivity index (χ1n) is 20.1. The SMILES string of the molecule is Cc1c2nc(N)sc2cc2sc(NCC(=O)N3CCCC3)nc12.Cc1c2nc(NCC(=O)N3CCCC3)sc2cc2sc(NS(=O)(=O)c3cn(C)cn3)nc12.Cn1cnc(S(=O)(=O)Cl)c1. The Kier molecular flexibility index (Phi) is 13.5. The van der Waals surface area contributed by atoms with Gasteiger partial charge in [0.05, 0.1) is 66.6 Å². The number of halogens is 1. The molecular formula is C38H43ClN14O6S6. The van der Waals surface area contributed by atoms with Crippen molar-refractivity contribution in [2.24, 2.45) is 14.1 Å². The van der Waals surface area contributed by atoms with Gasteiger partial charge in [-0.05, 0) is 51.7 Å². The summed E-state index contributed by atoms with van der Waals surface area (Å²) in [6, 6.07) is 4.04. The lowest BCUT2D eigenvalue weighted by Crippen LogP contribution is -2.32. The van der Waals surface area contributed by atoms with E-state index in [1.165, 1.54) is 63.6 Å². The second-order valence-electron chi connectivity index (χ2n) is 15.2. The number of benzene rings is 2. The molecule has 27 heteroatoms. The van der Waals surface area contributed by atoms with Crippen LogP contribution < -0.4 is 21.1 Å². The molecule has 0 spiro atoms. The van der Waals surface area contributed by atoms with Crippen molar-refractivity contribution in [3.05, 3.63) is 48.3 Å². The molecule has 10 rings (SSSR count). The highest BCUT2D eigenvalue weighted by atomic mass is 35.7. The molecule has 8 aromatic rings. The number of imidazole rings is 2. The van der Waals surface area contributed by atoms with Gasteiger partial charge in [-0.15, -0.1) is 0 Å². The summed E-state index contributed by atoms with van der Waals surface area (Å²) >= 11 is 5.78. The second kappa shape index (κ2) is 18.9. The van der Waals surface area contributed by atoms with Crippen LogP contribution in [-0.4, -0.2) is 117 Å². The number of hydrogen-bond acceptors (Lipinski definition) is 19. The lowest BCUT2D eigenvalue weighted by atomic mass is 10.2. The summed E-state index contributed by atoms with van der Waals surface area (Å²) in [5.41, 5.74) is 11.1. The number of likely N-dealkylation sites (tertiary alicyclic amines) is 2. The molecule has 0 unspecified atom stereocenters. The molecule has 2 fully saturated rings. The Bertz CT molecular complexity index is 3290. The molecule has 20 nitrogen and oxygen atoms in total. The number of fused-ring (bicyclic) bond motifs is 4. The number of aryl methyl sites for hydroxylation is 4. The van der Waals surface area contributed by atoms with Crippen molar-refractivity contribution >= 4 is 148 Å². The van der Waals surface area contributed by atoms with Crippen molar-refractivity contribution in [1.82, 2.24) is 48.8 Å². The fourth-order valence-electron chi connectivity index (χ4n) is 7.14. The Hall–Kier alpha value is -5.25. The highest BCUT2D eigenvalue weighted by molar-refractivity contribution is 8.13. The number of thiazole rings is 4. The quantitative estimate of drug-likeness (QED) is 0.115. The van der Waals surface area contributed by atoms with Crippen LogP contribution in [0, 0.1) is 13.8 Å². The number of amides is 2. The van der Waals surface area contributed by atoms with E-state index in [0.717, 1.165) is 103 Å². The van der Waals surface area contributed by atoms with E-state index in [1.807, 2.05) is 29.7 Å². The van der Waals surface area contributed by atoms with E-state index in [9.17, 15) is 26.4 Å². The van der Waals surface area contributed by atoms with Crippen LogP contribution in [0.4, 0.5) is 20.5 Å². The van der Waals surface area contributed by atoms with E-state index in [-0.39, 0.29) is 33.5 Å². The lowest BCUT2D eigenvalue weighted by Gasteiger charge is -2.14. The average molecular weight is 1020 g/mol. The molecule has 2 aliphatic heterocycles. The Labute approximate surface area is 393 Å². The Balaban J connectivity index is 0.000000151. The molecule has 2 aliphatic rings. The minimum Gasteiger partial charge on any atom is -0.375 e. The predicted molar refractivity (Wildman–Crippen MR) is 258 cm³/mol. The van der Waals surface area contributed by atoms with Crippen LogP contribution in [0.1, 0.15) is 36.8 Å². The molecule has 8 heterocycles. The van der Waals surface area contributed by atoms with Gasteiger partial charge in [0.2, 0.25) is 11.8 Å². The number of hydrogen-bond donors (Lipinski definition) is 4. The number of anilines is 4. The summed E-state index contributed by atoms with van der Waals surface area (Å²) < 4.78 is 55.8. The Morgan fingerprint density at radius 1 is 0.646 bits per heavy atom. The molecular weight excluding hydrogens is 976 g/mol. The molecule has 344 valence electrons. The molecule has 0 aliphatic carbocycles. The Morgan fingerprint density at radius 2 is 1.05 bits per heavy atom. The summed E-state index contributed by atoms with van der Waals surface area (Å²) in [4.78, 5) is 53.7. The zero-order valence-corrected chi connectivity index (χ0v) is 41.0. The maximum absolute atomic E-state index is 12.6. The number of nitrogen functional groups attached to an aromatic ring is 1. The van der Waals surface area contributed by atoms with Gasteiger partial charge in [-0.2, -0.15) is 8.42 Å². The van der Waals surface area contributed by atoms with Crippen molar-refractivity contribution < 1.29 is 26.4 Å². The number of nitrogens with one attached hydrogen (secondary N) is 3. The zero-order valence-electron chi connectivity index (χ0n) is 35.4. The van der Waals surface area contributed by atoms with Crippen LogP contribution in [0.5, 0.6) is 0 Å². The van der Waals surface area contributed by atoms with E-state index in [2.05, 4.69) is 51.3 Å². The molecule has 2 aromatic carbocycles. The normalized spacial score (nSPS) is 14.2. The van der Waals surface area contributed by atoms with Crippen molar-refractivity contribution in [2.45, 2.75) is 49.6 Å². The van der Waals surface area contributed by atoms with E-state index < -0.39 is 19.1 Å². The van der Waals surface area contributed by atoms with Crippen LogP contribution >= 0.6 is 56.0 Å². The fraction of sp³-hybridized carbons (Fsp3) is 0.368. The summed E-state index contributed by atoms with van der Waals surface area (Å²) in [6.07, 6.45) is 9.92. The second-order valence-corrected chi connectivity index (χ2v) is 23.5. The van der Waals surface area contributed by atoms with E-state index in [4.69, 9.17) is 16.4 Å². The van der Waals surface area contributed by atoms with Gasteiger partial charge in [-0.3, -0.25) is 14.3 Å². The van der Waals surface area contributed by atoms with Gasteiger partial charge in [0.1, 0.15) is 0 Å². The maximum atomic E-state index is 12.6. The summed E-state index contributed by atoms with van der Waals surface area (Å²) in [6.45, 7) is 7.87. The number of rotatable bonds is 10. The van der Waals surface area contributed by atoms with Crippen LogP contribution in [-0.2, 0) is 42.8 Å². The van der Waals surface area contributed by atoms with Crippen LogP contribution in [0.15, 0.2) is 47.2 Å². The van der Waals surface area contributed by atoms with Gasteiger partial charge in [0, 0.05) is 74.5 Å². The molecule has 0 radical (unpaired) electrons. The van der Waals surface area contributed by atoms with Gasteiger partial charge in [-0.1, -0.05) is 45.3 Å². The van der Waals surface area contributed by atoms with Crippen molar-refractivity contribution in [2.75, 3.05) is 60.4 Å². The largest absolute Gasteiger partial charge is 0.375 e. The monoisotopic (exact) mass is 1020 g/mol. The first-order chi connectivity index (χ1) is 30.9. The molecule has 0 atom stereocenters. The number of sulfonamides is 1. The van der Waals surface area contributed by atoms with Gasteiger partial charge in [0.15, 0.2) is 30.6 Å². The van der Waals surface area contributed by atoms with Crippen molar-refractivity contribution in [3.63, 3.8) is 0 Å². The van der Waals surface area contributed by atoms with Gasteiger partial charge >= 0.3 is 0 Å². The average Bonchev–Trinajstić information content (AvgIpc) is 4.10. The van der Waals surface area contributed by atoms with Gasteiger partial charge < -0.3 is 35.3 Å². The number of aromatic nitrogens is 8. The topological polar surface area (TPSA) is 258 Å². The summed E-state index contributed by atoms with van der Waals surface area (Å²) in [7, 11) is 0.889. The summed E-state index contributed by atoms with van der Waals surface area (Å²) in [5.74, 6) is 0.236. The number of nitrogens with two attached hydrogens (primary N) is 1. The van der Waals surface area contributed by atoms with Gasteiger partial charge in [-0.25, -0.2) is 38.3 Å². The third kappa shape index (κ3) is 10.6. The van der Waals surface area contributed by atoms with E-state index in [1.54, 1.807) is 30.0 Å². The van der Waals surface area contributed by atoms with Crippen LogP contribution in [0.3, 0.4) is 0 Å². The Morgan fingerprint density at radius 3 is 1.46 bits per heavy atom. The van der Waals surface area contributed by atoms with E-state index >= 15 is 0 Å². The summed E-state index contributed by atoms with van der Waals surface area (Å²) in [5, 5.41) is 8.47.